The first-order valence-electron chi connectivity index (χ1n) is 11.8. The van der Waals surface area contributed by atoms with Crippen LogP contribution >= 0.6 is 23.2 Å². The maximum absolute atomic E-state index is 12.6. The second kappa shape index (κ2) is 12.8. The minimum absolute atomic E-state index is 0.0406. The zero-order valence-electron chi connectivity index (χ0n) is 20.0. The quantitative estimate of drug-likeness (QED) is 0.295. The second-order valence-corrected chi connectivity index (χ2v) is 9.83. The van der Waals surface area contributed by atoms with Crippen molar-refractivity contribution in [2.24, 2.45) is 0 Å². The molecule has 37 heavy (non-hydrogen) atoms. The largest absolute Gasteiger partial charge is 0.489 e. The molecule has 0 saturated carbocycles. The van der Waals surface area contributed by atoms with E-state index >= 15 is 0 Å². The standard InChI is InChI=1S/C26H28Cl2N2O7/c27-19-2-1-3-20(28)18(19)15-37-17-6-4-16(5-7-17)14-21(25(35)36)29-22(31)8-11-26(13-10-24(33)34)12-9-23(32)30-26/h1-7,21H,8-15H2,(H,29,31)(H,30,32)(H,33,34)(H,35,36). The molecule has 11 heteroatoms. The van der Waals surface area contributed by atoms with Crippen LogP contribution in [0.3, 0.4) is 0 Å². The first kappa shape index (κ1) is 28.3. The summed E-state index contributed by atoms with van der Waals surface area (Å²) < 4.78 is 5.74. The smallest absolute Gasteiger partial charge is 0.326 e. The van der Waals surface area contributed by atoms with E-state index in [1.807, 2.05) is 0 Å². The van der Waals surface area contributed by atoms with Gasteiger partial charge in [0.15, 0.2) is 0 Å². The number of nitrogens with one attached hydrogen (secondary N) is 2. The summed E-state index contributed by atoms with van der Waals surface area (Å²) >= 11 is 12.3. The number of halogens is 2. The fourth-order valence-corrected chi connectivity index (χ4v) is 4.73. The van der Waals surface area contributed by atoms with Crippen LogP contribution in [0.2, 0.25) is 10.0 Å². The van der Waals surface area contributed by atoms with Gasteiger partial charge in [0.1, 0.15) is 18.4 Å². The van der Waals surface area contributed by atoms with Crippen molar-refractivity contribution in [1.82, 2.24) is 10.6 Å². The van der Waals surface area contributed by atoms with Crippen molar-refractivity contribution in [3.05, 3.63) is 63.6 Å². The van der Waals surface area contributed by atoms with Crippen LogP contribution in [-0.2, 0) is 32.2 Å². The van der Waals surface area contributed by atoms with Crippen molar-refractivity contribution in [3.63, 3.8) is 0 Å². The molecule has 1 saturated heterocycles. The number of amides is 2. The zero-order chi connectivity index (χ0) is 27.0. The molecule has 0 spiro atoms. The highest BCUT2D eigenvalue weighted by atomic mass is 35.5. The van der Waals surface area contributed by atoms with Crippen molar-refractivity contribution >= 4 is 47.0 Å². The molecule has 2 atom stereocenters. The van der Waals surface area contributed by atoms with Crippen LogP contribution in [0, 0.1) is 0 Å². The first-order valence-corrected chi connectivity index (χ1v) is 12.5. The summed E-state index contributed by atoms with van der Waals surface area (Å²) in [5.74, 6) is -2.30. The van der Waals surface area contributed by atoms with Crippen molar-refractivity contribution in [2.75, 3.05) is 0 Å². The molecule has 1 heterocycles. The molecule has 2 unspecified atom stereocenters. The van der Waals surface area contributed by atoms with E-state index in [0.717, 1.165) is 0 Å². The van der Waals surface area contributed by atoms with Crippen LogP contribution in [0.1, 0.15) is 49.7 Å². The highest BCUT2D eigenvalue weighted by molar-refractivity contribution is 6.35. The molecule has 0 aliphatic carbocycles. The van der Waals surface area contributed by atoms with E-state index in [1.54, 1.807) is 42.5 Å². The monoisotopic (exact) mass is 550 g/mol. The Labute approximate surface area is 224 Å². The number of carboxylic acid groups (broad SMARTS) is 2. The van der Waals surface area contributed by atoms with Crippen molar-refractivity contribution in [2.45, 2.75) is 63.1 Å². The van der Waals surface area contributed by atoms with Crippen LogP contribution in [0.4, 0.5) is 0 Å². The van der Waals surface area contributed by atoms with Gasteiger partial charge in [-0.3, -0.25) is 14.4 Å². The average Bonchev–Trinajstić information content (AvgIpc) is 3.22. The van der Waals surface area contributed by atoms with E-state index in [9.17, 15) is 24.3 Å². The van der Waals surface area contributed by atoms with Gasteiger partial charge in [-0.2, -0.15) is 0 Å². The van der Waals surface area contributed by atoms with Gasteiger partial charge in [-0.15, -0.1) is 0 Å². The van der Waals surface area contributed by atoms with Gasteiger partial charge in [-0.25, -0.2) is 4.79 Å². The zero-order valence-corrected chi connectivity index (χ0v) is 21.5. The summed E-state index contributed by atoms with van der Waals surface area (Å²) in [6.45, 7) is 0.167. The molecular formula is C26H28Cl2N2O7. The molecular weight excluding hydrogens is 523 g/mol. The Morgan fingerprint density at radius 2 is 1.68 bits per heavy atom. The molecule has 2 amide bonds. The van der Waals surface area contributed by atoms with Crippen LogP contribution in [0.15, 0.2) is 42.5 Å². The molecule has 1 fully saturated rings. The minimum atomic E-state index is -1.18. The lowest BCUT2D eigenvalue weighted by Crippen LogP contribution is -2.45. The van der Waals surface area contributed by atoms with E-state index in [0.29, 0.717) is 33.3 Å². The Hall–Kier alpha value is -3.30. The topological polar surface area (TPSA) is 142 Å². The number of hydrogen-bond acceptors (Lipinski definition) is 5. The molecule has 1 aliphatic heterocycles. The third-order valence-electron chi connectivity index (χ3n) is 6.32. The molecule has 0 bridgehead atoms. The van der Waals surface area contributed by atoms with Crippen LogP contribution in [0.25, 0.3) is 0 Å². The lowest BCUT2D eigenvalue weighted by molar-refractivity contribution is -0.142. The predicted octanol–water partition coefficient (Wildman–Crippen LogP) is 3.98. The van der Waals surface area contributed by atoms with Gasteiger partial charge >= 0.3 is 11.9 Å². The molecule has 2 aromatic carbocycles. The first-order chi connectivity index (χ1) is 17.6. The molecule has 3 rings (SSSR count). The molecule has 198 valence electrons. The Morgan fingerprint density at radius 1 is 1.03 bits per heavy atom. The maximum Gasteiger partial charge on any atom is 0.326 e. The van der Waals surface area contributed by atoms with E-state index in [2.05, 4.69) is 10.6 Å². The highest BCUT2D eigenvalue weighted by Crippen LogP contribution is 2.30. The average molecular weight is 551 g/mol. The third-order valence-corrected chi connectivity index (χ3v) is 7.03. The Kier molecular flexibility index (Phi) is 9.77. The summed E-state index contributed by atoms with van der Waals surface area (Å²) in [4.78, 5) is 47.1. The highest BCUT2D eigenvalue weighted by Gasteiger charge is 2.38. The summed E-state index contributed by atoms with van der Waals surface area (Å²) in [6, 6.07) is 10.8. The van der Waals surface area contributed by atoms with Gasteiger partial charge in [-0.05, 0) is 49.1 Å². The molecule has 1 aliphatic rings. The number of rotatable bonds is 13. The second-order valence-electron chi connectivity index (χ2n) is 9.02. The van der Waals surface area contributed by atoms with Crippen LogP contribution < -0.4 is 15.4 Å². The fraction of sp³-hybridized carbons (Fsp3) is 0.385. The fourth-order valence-electron chi connectivity index (χ4n) is 4.22. The Bertz CT molecular complexity index is 1140. The number of carbonyl (C=O) groups is 4. The number of hydrogen-bond donors (Lipinski definition) is 4. The van der Waals surface area contributed by atoms with Gasteiger partial charge in [0.05, 0.1) is 0 Å². The molecule has 4 N–H and O–H groups in total. The normalized spacial score (nSPS) is 17.6. The van der Waals surface area contributed by atoms with Gasteiger partial charge in [0.2, 0.25) is 11.8 Å². The van der Waals surface area contributed by atoms with Crippen molar-refractivity contribution < 1.29 is 34.1 Å². The van der Waals surface area contributed by atoms with E-state index < -0.39 is 29.4 Å². The van der Waals surface area contributed by atoms with Gasteiger partial charge in [0, 0.05) is 46.8 Å². The Balaban J connectivity index is 1.54. The maximum atomic E-state index is 12.6. The van der Waals surface area contributed by atoms with Gasteiger partial charge < -0.3 is 25.6 Å². The van der Waals surface area contributed by atoms with E-state index in [1.165, 1.54) is 0 Å². The van der Waals surface area contributed by atoms with Crippen molar-refractivity contribution in [1.29, 1.82) is 0 Å². The SMILES string of the molecule is O=C(O)CCC1(CCC(=O)NC(Cc2ccc(OCc3c(Cl)cccc3Cl)cc2)C(=O)O)CCC(=O)N1. The number of benzene rings is 2. The van der Waals surface area contributed by atoms with Crippen molar-refractivity contribution in [3.8, 4) is 5.75 Å². The van der Waals surface area contributed by atoms with E-state index in [4.69, 9.17) is 33.0 Å². The number of aliphatic carboxylic acids is 2. The summed E-state index contributed by atoms with van der Waals surface area (Å²) in [7, 11) is 0. The molecule has 9 nitrogen and oxygen atoms in total. The lowest BCUT2D eigenvalue weighted by Gasteiger charge is -2.28. The predicted molar refractivity (Wildman–Crippen MR) is 137 cm³/mol. The minimum Gasteiger partial charge on any atom is -0.489 e. The summed E-state index contributed by atoms with van der Waals surface area (Å²) in [5.41, 5.74) is 0.567. The van der Waals surface area contributed by atoms with Gasteiger partial charge in [-0.1, -0.05) is 41.4 Å². The molecule has 0 radical (unpaired) electrons. The van der Waals surface area contributed by atoms with E-state index in [-0.39, 0.29) is 51.0 Å². The summed E-state index contributed by atoms with van der Waals surface area (Å²) in [6.07, 6.45) is 1.02. The third kappa shape index (κ3) is 8.36. The van der Waals surface area contributed by atoms with Gasteiger partial charge in [0.25, 0.3) is 0 Å². The summed E-state index contributed by atoms with van der Waals surface area (Å²) in [5, 5.41) is 24.9. The van der Waals surface area contributed by atoms with Crippen LogP contribution in [0.5, 0.6) is 5.75 Å². The number of ether oxygens (including phenoxy) is 1. The lowest BCUT2D eigenvalue weighted by atomic mass is 9.86. The molecule has 0 aromatic heterocycles. The molecule has 2 aromatic rings. The Morgan fingerprint density at radius 3 is 2.24 bits per heavy atom. The number of carboxylic acids is 2. The number of carbonyl (C=O) groups excluding carboxylic acids is 2. The van der Waals surface area contributed by atoms with Crippen LogP contribution in [-0.4, -0.2) is 45.5 Å².